The van der Waals surface area contributed by atoms with Crippen LogP contribution in [0.5, 0.6) is 0 Å². The number of β-lactam (4-membered cyclic amide) rings is 1. The average Bonchev–Trinajstić information content (AvgIpc) is 3.56. The summed E-state index contributed by atoms with van der Waals surface area (Å²) in [5.74, 6) is -2.67. The van der Waals surface area contributed by atoms with E-state index in [0.29, 0.717) is 12.1 Å². The highest BCUT2D eigenvalue weighted by Crippen LogP contribution is 2.40. The van der Waals surface area contributed by atoms with Crippen molar-refractivity contribution >= 4 is 73.3 Å². The summed E-state index contributed by atoms with van der Waals surface area (Å²) >= 11 is 3.82. The number of thioether (sulfide) groups is 1. The average molecular weight is 594 g/mol. The van der Waals surface area contributed by atoms with Crippen LogP contribution in [0.2, 0.25) is 0 Å². The Bertz CT molecular complexity index is 1550. The van der Waals surface area contributed by atoms with Gasteiger partial charge in [-0.15, -0.1) is 23.1 Å². The summed E-state index contributed by atoms with van der Waals surface area (Å²) in [4.78, 5) is 47.9. The number of amides is 2. The molecule has 0 bridgehead atoms. The molecule has 1 fully saturated rings. The third-order valence-corrected chi connectivity index (χ3v) is 8.73. The van der Waals surface area contributed by atoms with Crippen LogP contribution in [-0.2, 0) is 25.8 Å². The fraction of sp³-hybridized carbons (Fsp3) is 0.217. The molecule has 2 aliphatic heterocycles. The van der Waals surface area contributed by atoms with Gasteiger partial charge in [0, 0.05) is 17.2 Å². The molecule has 202 valence electrons. The van der Waals surface area contributed by atoms with Gasteiger partial charge in [0.25, 0.3) is 16.6 Å². The summed E-state index contributed by atoms with van der Waals surface area (Å²) < 4.78 is 27.2. The van der Waals surface area contributed by atoms with E-state index in [-0.39, 0.29) is 22.3 Å². The molecule has 1 saturated heterocycles. The van der Waals surface area contributed by atoms with Crippen LogP contribution in [0.25, 0.3) is 10.2 Å². The van der Waals surface area contributed by atoms with Gasteiger partial charge >= 0.3 is 12.6 Å². The van der Waals surface area contributed by atoms with Gasteiger partial charge in [0.2, 0.25) is 0 Å². The predicted molar refractivity (Wildman–Crippen MR) is 141 cm³/mol. The second kappa shape index (κ2) is 11.1. The molecule has 3 aromatic rings. The first-order chi connectivity index (χ1) is 18.7. The molecule has 39 heavy (non-hydrogen) atoms. The molecule has 16 heteroatoms. The van der Waals surface area contributed by atoms with Gasteiger partial charge in [-0.3, -0.25) is 14.5 Å². The summed E-state index contributed by atoms with van der Waals surface area (Å²) in [6.45, 7) is -2.79. The highest BCUT2D eigenvalue weighted by molar-refractivity contribution is 8.00. The van der Waals surface area contributed by atoms with Gasteiger partial charge in [-0.05, 0) is 29.2 Å². The molecule has 4 N–H and O–H groups in total. The highest BCUT2D eigenvalue weighted by atomic mass is 32.2. The van der Waals surface area contributed by atoms with E-state index in [1.807, 2.05) is 40.4 Å². The van der Waals surface area contributed by atoms with Crippen molar-refractivity contribution < 1.29 is 37.7 Å². The number of nitrogens with one attached hydrogen (secondary N) is 1. The summed E-state index contributed by atoms with van der Waals surface area (Å²) in [5, 5.41) is 19.3. The van der Waals surface area contributed by atoms with Crippen molar-refractivity contribution in [3.05, 3.63) is 64.3 Å². The smallest absolute Gasteiger partial charge is 0.407 e. The summed E-state index contributed by atoms with van der Waals surface area (Å²) in [7, 11) is 0. The molecule has 2 aliphatic rings. The number of carbonyl (C=O) groups is 3. The number of rotatable bonds is 9. The zero-order valence-corrected chi connectivity index (χ0v) is 22.1. The molecular weight excluding hydrogens is 574 g/mol. The lowest BCUT2D eigenvalue weighted by Gasteiger charge is -2.49. The zero-order chi connectivity index (χ0) is 27.7. The number of oxime groups is 1. The first kappa shape index (κ1) is 26.7. The van der Waals surface area contributed by atoms with Crippen LogP contribution in [-0.4, -0.2) is 62.3 Å². The number of pyridine rings is 1. The molecule has 0 radical (unpaired) electrons. The molecule has 0 aromatic carbocycles. The van der Waals surface area contributed by atoms with Crippen LogP contribution in [0.15, 0.2) is 63.7 Å². The van der Waals surface area contributed by atoms with E-state index >= 15 is 0 Å². The van der Waals surface area contributed by atoms with Gasteiger partial charge in [0.15, 0.2) is 23.6 Å². The molecule has 0 unspecified atom stereocenters. The highest BCUT2D eigenvalue weighted by Gasteiger charge is 2.54. The number of carboxylic acids is 1. The van der Waals surface area contributed by atoms with Crippen molar-refractivity contribution in [1.82, 2.24) is 15.2 Å². The normalized spacial score (nSPS) is 19.5. The summed E-state index contributed by atoms with van der Waals surface area (Å²) in [6, 6.07) is 4.84. The lowest BCUT2D eigenvalue weighted by atomic mass is 10.0. The van der Waals surface area contributed by atoms with Crippen LogP contribution in [0.4, 0.5) is 13.9 Å². The van der Waals surface area contributed by atoms with Crippen molar-refractivity contribution in [2.45, 2.75) is 24.6 Å². The van der Waals surface area contributed by atoms with E-state index in [4.69, 9.17) is 5.73 Å². The number of halogens is 2. The number of aliphatic carboxylic acids is 1. The van der Waals surface area contributed by atoms with E-state index < -0.39 is 41.5 Å². The number of anilines is 1. The van der Waals surface area contributed by atoms with Gasteiger partial charge in [-0.1, -0.05) is 22.6 Å². The van der Waals surface area contributed by atoms with Crippen molar-refractivity contribution in [3.8, 4) is 0 Å². The summed E-state index contributed by atoms with van der Waals surface area (Å²) in [5.41, 5.74) is 5.14. The van der Waals surface area contributed by atoms with Gasteiger partial charge in [0.1, 0.15) is 22.8 Å². The Labute approximate surface area is 231 Å². The third kappa shape index (κ3) is 5.35. The topological polar surface area (TPSA) is 151 Å². The number of nitrogens with zero attached hydrogens (tertiary/aromatic N) is 4. The van der Waals surface area contributed by atoms with Crippen LogP contribution < -0.4 is 15.6 Å². The van der Waals surface area contributed by atoms with Crippen LogP contribution >= 0.6 is 34.4 Å². The lowest BCUT2D eigenvalue weighted by molar-refractivity contribution is -0.658. The third-order valence-electron chi connectivity index (χ3n) is 5.79. The van der Waals surface area contributed by atoms with E-state index in [9.17, 15) is 28.3 Å². The fourth-order valence-corrected chi connectivity index (χ4v) is 6.87. The second-order valence-electron chi connectivity index (χ2n) is 8.16. The van der Waals surface area contributed by atoms with Crippen molar-refractivity contribution in [3.63, 3.8) is 0 Å². The first-order valence-electron chi connectivity index (χ1n) is 11.2. The molecule has 2 atom stereocenters. The van der Waals surface area contributed by atoms with E-state index in [0.717, 1.165) is 26.5 Å². The maximum atomic E-state index is 13.0. The van der Waals surface area contributed by atoms with Gasteiger partial charge in [0.05, 0.1) is 5.39 Å². The number of thiophene rings is 1. The Morgan fingerprint density at radius 3 is 2.92 bits per heavy atom. The molecule has 3 aromatic heterocycles. The van der Waals surface area contributed by atoms with E-state index in [1.165, 1.54) is 17.1 Å². The molecular formula is C23H19F2N6O5S3+. The molecule has 0 aliphatic carbocycles. The van der Waals surface area contributed by atoms with Gasteiger partial charge < -0.3 is 21.0 Å². The maximum Gasteiger partial charge on any atom is 0.407 e. The fourth-order valence-electron chi connectivity index (χ4n) is 4.12. The number of nitrogens with two attached hydrogens (primary N) is 1. The number of aromatic nitrogens is 2. The maximum absolute atomic E-state index is 13.0. The molecule has 11 nitrogen and oxygen atoms in total. The number of nitrogen functional groups attached to an aromatic ring is 1. The lowest BCUT2D eigenvalue weighted by Crippen LogP contribution is -2.71. The predicted octanol–water partition coefficient (Wildman–Crippen LogP) is 2.17. The SMILES string of the molecule is Nc1nc(/C(=N/OC(F)F)C(=O)N[C@@H]2C(=O)N3C(C(=O)O)=C(/C=C/C[n+]4cccc5ccsc54)CS[C@H]23)cs1. The molecule has 0 saturated carbocycles. The molecule has 5 rings (SSSR count). The standard InChI is InChI=1S/C23H18F2N6O5S3/c24-22(25)36-29-14(13-10-39-23(26)27-13)17(32)28-15-18(33)31-16(21(34)35)12(9-38-20(15)31)4-2-7-30-6-1-3-11-5-8-37-19(11)30/h1-6,8,10,15,20,22H,7,9H2,(H3-,26,27,28,32,34,35)/p+1/b4-2+,29-14-/t15-,20-/m1/s1. The zero-order valence-electron chi connectivity index (χ0n) is 19.7. The number of carboxylic acid groups (broad SMARTS) is 1. The van der Waals surface area contributed by atoms with Crippen LogP contribution in [0.1, 0.15) is 5.69 Å². The minimum atomic E-state index is -3.29. The Morgan fingerprint density at radius 2 is 2.21 bits per heavy atom. The van der Waals surface area contributed by atoms with Crippen molar-refractivity contribution in [2.24, 2.45) is 5.16 Å². The number of hydrogen-bond donors (Lipinski definition) is 3. The molecule has 0 spiro atoms. The Hall–Kier alpha value is -3.89. The van der Waals surface area contributed by atoms with Gasteiger partial charge in [-0.2, -0.15) is 13.3 Å². The number of thiazole rings is 1. The Kier molecular flexibility index (Phi) is 7.58. The number of alkyl halides is 2. The number of hydrogen-bond acceptors (Lipinski definition) is 10. The molecule has 5 heterocycles. The minimum absolute atomic E-state index is 0.0681. The quantitative estimate of drug-likeness (QED) is 0.148. The second-order valence-corrected chi connectivity index (χ2v) is 11.1. The summed E-state index contributed by atoms with van der Waals surface area (Å²) in [6.07, 6.45) is 5.44. The van der Waals surface area contributed by atoms with Crippen molar-refractivity contribution in [1.29, 1.82) is 0 Å². The Balaban J connectivity index is 1.32. The van der Waals surface area contributed by atoms with Crippen molar-refractivity contribution in [2.75, 3.05) is 11.5 Å². The largest absolute Gasteiger partial charge is 0.477 e. The Morgan fingerprint density at radius 1 is 1.38 bits per heavy atom. The van der Waals surface area contributed by atoms with Crippen LogP contribution in [0, 0.1) is 0 Å². The monoisotopic (exact) mass is 593 g/mol. The number of carbonyl (C=O) groups excluding carboxylic acids is 2. The minimum Gasteiger partial charge on any atom is -0.477 e. The van der Waals surface area contributed by atoms with E-state index in [2.05, 4.69) is 20.3 Å². The first-order valence-corrected chi connectivity index (χ1v) is 14.0. The number of fused-ring (bicyclic) bond motifs is 2. The van der Waals surface area contributed by atoms with E-state index in [1.54, 1.807) is 17.4 Å². The molecule has 2 amide bonds. The van der Waals surface area contributed by atoms with Gasteiger partial charge in [-0.25, -0.2) is 9.78 Å². The van der Waals surface area contributed by atoms with Crippen LogP contribution in [0.3, 0.4) is 0 Å². The number of allylic oxidation sites excluding steroid dienone is 2.